The number of carbonyl (C=O) groups is 1. The van der Waals surface area contributed by atoms with Crippen molar-refractivity contribution in [3.8, 4) is 17.1 Å². The van der Waals surface area contributed by atoms with Gasteiger partial charge in [0.2, 0.25) is 5.91 Å². The van der Waals surface area contributed by atoms with E-state index in [1.54, 1.807) is 20.3 Å². The number of benzene rings is 1. The molecule has 0 saturated carbocycles. The first-order valence-electron chi connectivity index (χ1n) is 7.08. The summed E-state index contributed by atoms with van der Waals surface area (Å²) in [5.74, 6) is 1.33. The lowest BCUT2D eigenvalue weighted by atomic mass is 10.1. The molecule has 0 saturated heterocycles. The maximum absolute atomic E-state index is 11.8. The van der Waals surface area contributed by atoms with Gasteiger partial charge in [-0.25, -0.2) is 0 Å². The molecule has 6 heteroatoms. The van der Waals surface area contributed by atoms with Crippen LogP contribution in [0, 0.1) is 0 Å². The minimum absolute atomic E-state index is 0.0781. The molecule has 1 aromatic heterocycles. The van der Waals surface area contributed by atoms with Crippen LogP contribution in [0.1, 0.15) is 12.1 Å². The highest BCUT2D eigenvalue weighted by molar-refractivity contribution is 5.78. The van der Waals surface area contributed by atoms with E-state index in [2.05, 4.69) is 10.5 Å². The second kappa shape index (κ2) is 8.19. The van der Waals surface area contributed by atoms with Crippen LogP contribution in [-0.2, 0) is 16.0 Å². The van der Waals surface area contributed by atoms with E-state index >= 15 is 0 Å². The highest BCUT2D eigenvalue weighted by atomic mass is 16.5. The normalized spacial score (nSPS) is 10.5. The van der Waals surface area contributed by atoms with E-state index in [-0.39, 0.29) is 12.3 Å². The van der Waals surface area contributed by atoms with Crippen LogP contribution in [-0.4, -0.2) is 38.4 Å². The van der Waals surface area contributed by atoms with Crippen molar-refractivity contribution in [2.24, 2.45) is 0 Å². The third-order valence-corrected chi connectivity index (χ3v) is 3.12. The fraction of sp³-hybridized carbons (Fsp3) is 0.375. The maximum atomic E-state index is 11.8. The zero-order valence-electron chi connectivity index (χ0n) is 12.8. The Kier molecular flexibility index (Phi) is 5.97. The summed E-state index contributed by atoms with van der Waals surface area (Å²) in [5, 5.41) is 6.74. The van der Waals surface area contributed by atoms with Gasteiger partial charge in [0, 0.05) is 31.9 Å². The van der Waals surface area contributed by atoms with Crippen molar-refractivity contribution >= 4 is 5.91 Å². The molecule has 1 heterocycles. The lowest BCUT2D eigenvalue weighted by molar-refractivity contribution is -0.120. The van der Waals surface area contributed by atoms with Crippen LogP contribution in [0.5, 0.6) is 5.75 Å². The van der Waals surface area contributed by atoms with Gasteiger partial charge in [-0.3, -0.25) is 4.79 Å². The Morgan fingerprint density at radius 3 is 2.73 bits per heavy atom. The standard InChI is InChI=1S/C16H20N2O4/c1-20-9-3-8-17-16(19)11-13-10-15(22-18-13)12-4-6-14(21-2)7-5-12/h4-7,10H,3,8-9,11H2,1-2H3,(H,17,19). The molecule has 0 aliphatic rings. The number of methoxy groups -OCH3 is 2. The minimum Gasteiger partial charge on any atom is -0.497 e. The lowest BCUT2D eigenvalue weighted by Gasteiger charge is -2.02. The molecule has 0 aliphatic carbocycles. The van der Waals surface area contributed by atoms with Crippen molar-refractivity contribution in [3.63, 3.8) is 0 Å². The van der Waals surface area contributed by atoms with Crippen molar-refractivity contribution in [2.45, 2.75) is 12.8 Å². The topological polar surface area (TPSA) is 73.6 Å². The van der Waals surface area contributed by atoms with Gasteiger partial charge >= 0.3 is 0 Å². The Labute approximate surface area is 129 Å². The Bertz CT molecular complexity index is 592. The smallest absolute Gasteiger partial charge is 0.226 e. The van der Waals surface area contributed by atoms with Gasteiger partial charge in [-0.15, -0.1) is 0 Å². The summed E-state index contributed by atoms with van der Waals surface area (Å²) in [7, 11) is 3.25. The number of ether oxygens (including phenoxy) is 2. The Hall–Kier alpha value is -2.34. The summed E-state index contributed by atoms with van der Waals surface area (Å²) in [6.07, 6.45) is 0.991. The monoisotopic (exact) mass is 304 g/mol. The van der Waals surface area contributed by atoms with Gasteiger partial charge in [0.25, 0.3) is 0 Å². The van der Waals surface area contributed by atoms with Crippen LogP contribution in [0.2, 0.25) is 0 Å². The molecule has 1 N–H and O–H groups in total. The van der Waals surface area contributed by atoms with Gasteiger partial charge in [0.15, 0.2) is 5.76 Å². The first-order chi connectivity index (χ1) is 10.7. The van der Waals surface area contributed by atoms with Crippen LogP contribution in [0.25, 0.3) is 11.3 Å². The number of nitrogens with zero attached hydrogens (tertiary/aromatic N) is 1. The Balaban J connectivity index is 1.89. The van der Waals surface area contributed by atoms with Gasteiger partial charge in [-0.1, -0.05) is 5.16 Å². The van der Waals surface area contributed by atoms with Crippen molar-refractivity contribution in [2.75, 3.05) is 27.4 Å². The van der Waals surface area contributed by atoms with Gasteiger partial charge in [-0.2, -0.15) is 0 Å². The van der Waals surface area contributed by atoms with E-state index in [0.29, 0.717) is 24.6 Å². The number of carbonyl (C=O) groups excluding carboxylic acids is 1. The predicted octanol–water partition coefficient (Wildman–Crippen LogP) is 2.05. The molecule has 0 radical (unpaired) electrons. The van der Waals surface area contributed by atoms with E-state index in [1.807, 2.05) is 24.3 Å². The molecular formula is C16H20N2O4. The van der Waals surface area contributed by atoms with Crippen LogP contribution < -0.4 is 10.1 Å². The molecule has 0 spiro atoms. The summed E-state index contributed by atoms with van der Waals surface area (Å²) in [5.41, 5.74) is 1.50. The minimum atomic E-state index is -0.0781. The first kappa shape index (κ1) is 16.0. The quantitative estimate of drug-likeness (QED) is 0.756. The van der Waals surface area contributed by atoms with Crippen molar-refractivity contribution in [3.05, 3.63) is 36.0 Å². The summed E-state index contributed by atoms with van der Waals surface area (Å²) >= 11 is 0. The molecule has 0 bridgehead atoms. The van der Waals surface area contributed by atoms with Crippen LogP contribution in [0.3, 0.4) is 0 Å². The third kappa shape index (κ3) is 4.60. The van der Waals surface area contributed by atoms with E-state index in [1.165, 1.54) is 0 Å². The Morgan fingerprint density at radius 1 is 1.27 bits per heavy atom. The zero-order chi connectivity index (χ0) is 15.8. The number of hydrogen-bond donors (Lipinski definition) is 1. The van der Waals surface area contributed by atoms with Crippen molar-refractivity contribution in [1.29, 1.82) is 0 Å². The predicted molar refractivity (Wildman–Crippen MR) is 81.7 cm³/mol. The second-order valence-electron chi connectivity index (χ2n) is 4.78. The molecule has 0 aliphatic heterocycles. The fourth-order valence-electron chi connectivity index (χ4n) is 1.96. The summed E-state index contributed by atoms with van der Waals surface area (Å²) < 4.78 is 15.3. The van der Waals surface area contributed by atoms with Gasteiger partial charge in [0.1, 0.15) is 5.75 Å². The number of aromatic nitrogens is 1. The van der Waals surface area contributed by atoms with E-state index < -0.39 is 0 Å². The van der Waals surface area contributed by atoms with Gasteiger partial charge < -0.3 is 19.3 Å². The summed E-state index contributed by atoms with van der Waals surface area (Å²) in [6, 6.07) is 9.23. The maximum Gasteiger partial charge on any atom is 0.226 e. The fourth-order valence-corrected chi connectivity index (χ4v) is 1.96. The van der Waals surface area contributed by atoms with Crippen molar-refractivity contribution in [1.82, 2.24) is 10.5 Å². The average Bonchev–Trinajstić information content (AvgIpc) is 3.00. The van der Waals surface area contributed by atoms with Crippen molar-refractivity contribution < 1.29 is 18.8 Å². The largest absolute Gasteiger partial charge is 0.497 e. The van der Waals surface area contributed by atoms with Crippen LogP contribution in [0.4, 0.5) is 0 Å². The van der Waals surface area contributed by atoms with Crippen LogP contribution in [0.15, 0.2) is 34.9 Å². The molecule has 22 heavy (non-hydrogen) atoms. The summed E-state index contributed by atoms with van der Waals surface area (Å²) in [4.78, 5) is 11.8. The van der Waals surface area contributed by atoms with Crippen LogP contribution >= 0.6 is 0 Å². The molecule has 0 fully saturated rings. The number of rotatable bonds is 8. The second-order valence-corrected chi connectivity index (χ2v) is 4.78. The molecule has 1 amide bonds. The highest BCUT2D eigenvalue weighted by Crippen LogP contribution is 2.23. The molecule has 0 atom stereocenters. The third-order valence-electron chi connectivity index (χ3n) is 3.12. The average molecular weight is 304 g/mol. The molecule has 2 rings (SSSR count). The van der Waals surface area contributed by atoms with Gasteiger partial charge in [-0.05, 0) is 30.7 Å². The molecule has 1 aromatic carbocycles. The van der Waals surface area contributed by atoms with Gasteiger partial charge in [0.05, 0.1) is 19.2 Å². The highest BCUT2D eigenvalue weighted by Gasteiger charge is 2.10. The van der Waals surface area contributed by atoms with E-state index in [9.17, 15) is 4.79 Å². The molecule has 6 nitrogen and oxygen atoms in total. The number of hydrogen-bond acceptors (Lipinski definition) is 5. The summed E-state index contributed by atoms with van der Waals surface area (Å²) in [6.45, 7) is 1.22. The molecule has 118 valence electrons. The SMILES string of the molecule is COCCCNC(=O)Cc1cc(-c2ccc(OC)cc2)on1. The van der Waals surface area contributed by atoms with E-state index in [0.717, 1.165) is 17.7 Å². The molecule has 0 unspecified atom stereocenters. The van der Waals surface area contributed by atoms with E-state index in [4.69, 9.17) is 14.0 Å². The first-order valence-corrected chi connectivity index (χ1v) is 7.08. The lowest BCUT2D eigenvalue weighted by Crippen LogP contribution is -2.26. The number of nitrogens with one attached hydrogen (secondary N) is 1. The number of amides is 1. The Morgan fingerprint density at radius 2 is 2.05 bits per heavy atom. The molecule has 2 aromatic rings. The molecular weight excluding hydrogens is 284 g/mol. The zero-order valence-corrected chi connectivity index (χ0v) is 12.8.